The summed E-state index contributed by atoms with van der Waals surface area (Å²) in [5, 5.41) is 5.12. The lowest BCUT2D eigenvalue weighted by Gasteiger charge is -2.44. The number of aryl methyl sites for hydroxylation is 1. The molecule has 0 aromatic carbocycles. The number of nitrogens with one attached hydrogen (secondary N) is 1. The molecule has 2 unspecified atom stereocenters. The molecule has 2 atom stereocenters. The van der Waals surface area contributed by atoms with Crippen molar-refractivity contribution in [2.45, 2.75) is 64.6 Å². The Morgan fingerprint density at radius 1 is 1.43 bits per heavy atom. The fourth-order valence-electron chi connectivity index (χ4n) is 3.44. The first-order chi connectivity index (χ1) is 10.1. The largest absolute Gasteiger partial charge is 0.296 e. The van der Waals surface area contributed by atoms with E-state index in [-0.39, 0.29) is 11.6 Å². The van der Waals surface area contributed by atoms with Gasteiger partial charge in [-0.1, -0.05) is 25.4 Å². The van der Waals surface area contributed by atoms with Crippen LogP contribution in [0.5, 0.6) is 0 Å². The van der Waals surface area contributed by atoms with Gasteiger partial charge in [-0.15, -0.1) is 0 Å². The number of halogens is 1. The maximum atomic E-state index is 6.43. The predicted molar refractivity (Wildman–Crippen MR) is 87.1 cm³/mol. The molecule has 1 aliphatic heterocycles. The molecule has 3 N–H and O–H groups in total. The summed E-state index contributed by atoms with van der Waals surface area (Å²) in [6, 6.07) is -0.0258. The van der Waals surface area contributed by atoms with E-state index in [2.05, 4.69) is 36.2 Å². The van der Waals surface area contributed by atoms with Crippen LogP contribution in [0.1, 0.15) is 58.2 Å². The molecule has 0 bridgehead atoms. The van der Waals surface area contributed by atoms with Crippen LogP contribution in [0.2, 0.25) is 5.02 Å². The van der Waals surface area contributed by atoms with Gasteiger partial charge in [0, 0.05) is 12.1 Å². The quantitative estimate of drug-likeness (QED) is 0.600. The maximum absolute atomic E-state index is 6.43. The minimum absolute atomic E-state index is 0.0258. The zero-order valence-electron chi connectivity index (χ0n) is 13.4. The van der Waals surface area contributed by atoms with E-state index in [4.69, 9.17) is 17.4 Å². The number of hydrogen-bond donors (Lipinski definition) is 2. The number of rotatable bonds is 7. The van der Waals surface area contributed by atoms with Crippen LogP contribution < -0.4 is 11.3 Å². The Balaban J connectivity index is 2.39. The van der Waals surface area contributed by atoms with Crippen LogP contribution in [0.15, 0.2) is 6.20 Å². The average Bonchev–Trinajstić information content (AvgIpc) is 3.13. The minimum atomic E-state index is -0.0551. The van der Waals surface area contributed by atoms with E-state index >= 15 is 0 Å². The summed E-state index contributed by atoms with van der Waals surface area (Å²) in [5.74, 6) is 5.95. The Morgan fingerprint density at radius 2 is 2.10 bits per heavy atom. The van der Waals surface area contributed by atoms with Crippen molar-refractivity contribution in [3.05, 3.63) is 16.9 Å². The van der Waals surface area contributed by atoms with Crippen LogP contribution in [-0.2, 0) is 6.54 Å². The van der Waals surface area contributed by atoms with Crippen LogP contribution in [0.3, 0.4) is 0 Å². The fourth-order valence-corrected chi connectivity index (χ4v) is 3.69. The molecule has 1 aromatic rings. The van der Waals surface area contributed by atoms with Gasteiger partial charge in [-0.2, -0.15) is 5.10 Å². The Hall–Kier alpha value is -0.620. The highest BCUT2D eigenvalue weighted by Crippen LogP contribution is 2.38. The van der Waals surface area contributed by atoms with Gasteiger partial charge >= 0.3 is 0 Å². The third-order valence-electron chi connectivity index (χ3n) is 4.87. The van der Waals surface area contributed by atoms with Crippen molar-refractivity contribution in [1.82, 2.24) is 20.1 Å². The van der Waals surface area contributed by atoms with E-state index in [1.165, 1.54) is 12.8 Å². The topological polar surface area (TPSA) is 59.1 Å². The monoisotopic (exact) mass is 313 g/mol. The Bertz CT molecular complexity index is 455. The summed E-state index contributed by atoms with van der Waals surface area (Å²) in [5.41, 5.74) is 3.98. The molecule has 0 spiro atoms. The first-order valence-electron chi connectivity index (χ1n) is 8.00. The van der Waals surface area contributed by atoms with Gasteiger partial charge in [0.15, 0.2) is 0 Å². The molecule has 1 saturated heterocycles. The van der Waals surface area contributed by atoms with Crippen LogP contribution in [0.25, 0.3) is 0 Å². The Morgan fingerprint density at radius 3 is 2.62 bits per heavy atom. The fraction of sp³-hybridized carbons (Fsp3) is 0.800. The van der Waals surface area contributed by atoms with Crippen LogP contribution in [-0.4, -0.2) is 33.3 Å². The van der Waals surface area contributed by atoms with E-state index in [1.54, 1.807) is 6.20 Å². The summed E-state index contributed by atoms with van der Waals surface area (Å²) in [6.45, 7) is 9.76. The van der Waals surface area contributed by atoms with Crippen molar-refractivity contribution in [1.29, 1.82) is 0 Å². The third-order valence-corrected chi connectivity index (χ3v) is 5.17. The van der Waals surface area contributed by atoms with Crippen molar-refractivity contribution in [3.63, 3.8) is 0 Å². The molecule has 1 fully saturated rings. The molecule has 0 amide bonds. The summed E-state index contributed by atoms with van der Waals surface area (Å²) in [4.78, 5) is 2.54. The maximum Gasteiger partial charge on any atom is 0.0835 e. The number of nitrogens with two attached hydrogens (primary N) is 1. The van der Waals surface area contributed by atoms with Crippen LogP contribution >= 0.6 is 11.6 Å². The number of aromatic nitrogens is 2. The normalized spacial score (nSPS) is 20.6. The number of likely N-dealkylation sites (tertiary alicyclic amines) is 1. The first-order valence-corrected chi connectivity index (χ1v) is 8.38. The zero-order chi connectivity index (χ0) is 15.5. The molecule has 1 aliphatic rings. The molecule has 5 nitrogen and oxygen atoms in total. The number of hydrogen-bond acceptors (Lipinski definition) is 4. The summed E-state index contributed by atoms with van der Waals surface area (Å²) in [6.07, 6.45) is 6.28. The van der Waals surface area contributed by atoms with Gasteiger partial charge in [0.2, 0.25) is 0 Å². The van der Waals surface area contributed by atoms with Gasteiger partial charge in [0.05, 0.1) is 23.0 Å². The third kappa shape index (κ3) is 3.11. The van der Waals surface area contributed by atoms with E-state index in [1.807, 2.05) is 4.68 Å². The van der Waals surface area contributed by atoms with Gasteiger partial charge in [-0.25, -0.2) is 5.43 Å². The minimum Gasteiger partial charge on any atom is -0.296 e. The van der Waals surface area contributed by atoms with Crippen molar-refractivity contribution < 1.29 is 0 Å². The lowest BCUT2D eigenvalue weighted by Crippen LogP contribution is -2.55. The molecule has 0 radical (unpaired) electrons. The molecule has 0 saturated carbocycles. The lowest BCUT2D eigenvalue weighted by atomic mass is 9.85. The van der Waals surface area contributed by atoms with Crippen molar-refractivity contribution in [2.24, 2.45) is 5.84 Å². The van der Waals surface area contributed by atoms with Gasteiger partial charge in [-0.3, -0.25) is 15.4 Å². The van der Waals surface area contributed by atoms with Crippen LogP contribution in [0, 0.1) is 0 Å². The highest BCUT2D eigenvalue weighted by Gasteiger charge is 2.42. The molecule has 2 rings (SSSR count). The first kappa shape index (κ1) is 16.7. The summed E-state index contributed by atoms with van der Waals surface area (Å²) < 4.78 is 2.00. The predicted octanol–water partition coefficient (Wildman–Crippen LogP) is 2.72. The molecule has 6 heteroatoms. The van der Waals surface area contributed by atoms with Crippen molar-refractivity contribution in [2.75, 3.05) is 13.1 Å². The van der Waals surface area contributed by atoms with E-state index in [9.17, 15) is 0 Å². The Labute approximate surface area is 132 Å². The second-order valence-corrected chi connectivity index (χ2v) is 6.51. The Kier molecular flexibility index (Phi) is 5.66. The molecule has 0 aliphatic carbocycles. The molecule has 21 heavy (non-hydrogen) atoms. The van der Waals surface area contributed by atoms with Gasteiger partial charge < -0.3 is 0 Å². The highest BCUT2D eigenvalue weighted by atomic mass is 35.5. The number of nitrogens with zero attached hydrogens (tertiary/aromatic N) is 3. The summed E-state index contributed by atoms with van der Waals surface area (Å²) in [7, 11) is 0. The molecule has 1 aromatic heterocycles. The zero-order valence-corrected chi connectivity index (χ0v) is 14.2. The van der Waals surface area contributed by atoms with Gasteiger partial charge in [0.1, 0.15) is 0 Å². The van der Waals surface area contributed by atoms with Crippen LogP contribution in [0.4, 0.5) is 0 Å². The molecular weight excluding hydrogens is 286 g/mol. The van der Waals surface area contributed by atoms with E-state index in [0.29, 0.717) is 5.02 Å². The smallest absolute Gasteiger partial charge is 0.0835 e. The molecule has 120 valence electrons. The lowest BCUT2D eigenvalue weighted by molar-refractivity contribution is 0.0801. The average molecular weight is 314 g/mol. The van der Waals surface area contributed by atoms with Gasteiger partial charge in [0.25, 0.3) is 0 Å². The standard InChI is InChI=1S/C15H28ClN5/c1-4-8-21-13(12(16)11-18-21)14(19-17)15(3,5-2)20-9-6-7-10-20/h11,14,19H,4-10,17H2,1-3H3. The number of hydrazine groups is 1. The van der Waals surface area contributed by atoms with Crippen molar-refractivity contribution in [3.8, 4) is 0 Å². The second kappa shape index (κ2) is 7.09. The summed E-state index contributed by atoms with van der Waals surface area (Å²) >= 11 is 6.43. The van der Waals surface area contributed by atoms with E-state index < -0.39 is 0 Å². The van der Waals surface area contributed by atoms with Gasteiger partial charge in [-0.05, 0) is 45.7 Å². The molecular formula is C15H28ClN5. The SMILES string of the molecule is CCCn1ncc(Cl)c1C(NN)C(C)(CC)N1CCCC1. The van der Waals surface area contributed by atoms with Crippen molar-refractivity contribution >= 4 is 11.6 Å². The second-order valence-electron chi connectivity index (χ2n) is 6.11. The highest BCUT2D eigenvalue weighted by molar-refractivity contribution is 6.31. The molecule has 2 heterocycles. The van der Waals surface area contributed by atoms with E-state index in [0.717, 1.165) is 38.2 Å².